The summed E-state index contributed by atoms with van der Waals surface area (Å²) in [6.45, 7) is 4.69. The van der Waals surface area contributed by atoms with Crippen molar-refractivity contribution >= 4 is 11.8 Å². The van der Waals surface area contributed by atoms with Crippen LogP contribution in [-0.4, -0.2) is 75.5 Å². The van der Waals surface area contributed by atoms with Crippen molar-refractivity contribution in [2.75, 3.05) is 39.3 Å². The molecule has 9 heteroatoms. The molecule has 3 rings (SSSR count). The number of piperidine rings is 1. The van der Waals surface area contributed by atoms with Crippen molar-refractivity contribution in [3.63, 3.8) is 0 Å². The molecule has 0 aromatic heterocycles. The van der Waals surface area contributed by atoms with Gasteiger partial charge in [0.2, 0.25) is 11.8 Å². The van der Waals surface area contributed by atoms with Crippen LogP contribution in [0.15, 0.2) is 0 Å². The Morgan fingerprint density at radius 3 is 1.67 bits per heavy atom. The molecule has 4 unspecified atom stereocenters. The van der Waals surface area contributed by atoms with Gasteiger partial charge in [-0.1, -0.05) is 0 Å². The largest absolute Gasteiger partial charge is 0.339 e. The summed E-state index contributed by atoms with van der Waals surface area (Å²) in [7, 11) is 0. The highest BCUT2D eigenvalue weighted by atomic mass is 16.2. The molecule has 7 N–H and O–H groups in total. The highest BCUT2D eigenvalue weighted by Crippen LogP contribution is 2.10. The van der Waals surface area contributed by atoms with Gasteiger partial charge in [0.15, 0.2) is 0 Å². The Bertz CT molecular complexity index is 398. The predicted octanol–water partition coefficient (Wildman–Crippen LogP) is -3.23. The van der Waals surface area contributed by atoms with E-state index in [0.717, 1.165) is 45.4 Å². The molecule has 0 saturated carbocycles. The molecule has 2 amide bonds. The van der Waals surface area contributed by atoms with E-state index in [0.29, 0.717) is 13.1 Å². The molecule has 3 saturated heterocycles. The minimum atomic E-state index is -0.187. The topological polar surface area (TPSA) is 118 Å². The van der Waals surface area contributed by atoms with Gasteiger partial charge in [0, 0.05) is 39.3 Å². The van der Waals surface area contributed by atoms with Gasteiger partial charge in [0.05, 0.1) is 24.4 Å². The normalized spacial score (nSPS) is 34.3. The Balaban J connectivity index is 1.43. The van der Waals surface area contributed by atoms with Gasteiger partial charge in [-0.2, -0.15) is 0 Å². The quantitative estimate of drug-likeness (QED) is 0.288. The van der Waals surface area contributed by atoms with Crippen LogP contribution in [0.3, 0.4) is 0 Å². The van der Waals surface area contributed by atoms with Crippen LogP contribution in [-0.2, 0) is 9.59 Å². The van der Waals surface area contributed by atoms with Crippen molar-refractivity contribution in [1.82, 2.24) is 37.2 Å². The summed E-state index contributed by atoms with van der Waals surface area (Å²) < 4.78 is 0. The summed E-state index contributed by atoms with van der Waals surface area (Å²) in [6, 6.07) is -0.374. The lowest BCUT2D eigenvalue weighted by Crippen LogP contribution is -2.64. The molecular formula is C15H29N7O2. The molecular weight excluding hydrogens is 310 g/mol. The first-order valence-corrected chi connectivity index (χ1v) is 8.97. The zero-order chi connectivity index (χ0) is 16.8. The molecule has 4 atom stereocenters. The van der Waals surface area contributed by atoms with Gasteiger partial charge in [-0.05, 0) is 19.3 Å². The van der Waals surface area contributed by atoms with Gasteiger partial charge in [0.25, 0.3) is 0 Å². The minimum Gasteiger partial charge on any atom is -0.339 e. The lowest BCUT2D eigenvalue weighted by molar-refractivity contribution is -0.125. The fraction of sp³-hybridized carbons (Fsp3) is 0.867. The molecule has 0 aliphatic carbocycles. The zero-order valence-electron chi connectivity index (χ0n) is 14.0. The van der Waals surface area contributed by atoms with Crippen molar-refractivity contribution in [2.45, 2.75) is 43.7 Å². The summed E-state index contributed by atoms with van der Waals surface area (Å²) in [4.78, 5) is 24.6. The second-order valence-corrected chi connectivity index (χ2v) is 6.64. The van der Waals surface area contributed by atoms with E-state index in [4.69, 9.17) is 0 Å². The van der Waals surface area contributed by atoms with Crippen LogP contribution in [0.2, 0.25) is 0 Å². The Hall–Kier alpha value is -1.26. The third-order valence-corrected chi connectivity index (χ3v) is 4.74. The number of piperazine rings is 2. The van der Waals surface area contributed by atoms with Gasteiger partial charge in [-0.25, -0.2) is 0 Å². The summed E-state index contributed by atoms with van der Waals surface area (Å²) in [5.74, 6) is 0.00893. The lowest BCUT2D eigenvalue weighted by atomic mass is 10.1. The SMILES string of the molecule is O=C(NC1CCCC(NC(=O)C2CNCCN2)N1)C1CNCCN1. The van der Waals surface area contributed by atoms with Crippen molar-refractivity contribution in [2.24, 2.45) is 0 Å². The molecule has 0 bridgehead atoms. The van der Waals surface area contributed by atoms with E-state index in [9.17, 15) is 9.59 Å². The van der Waals surface area contributed by atoms with E-state index >= 15 is 0 Å². The second-order valence-electron chi connectivity index (χ2n) is 6.64. The standard InChI is InChI=1S/C15H29N7O2/c23-14(10-8-16-4-6-18-10)21-12-2-1-3-13(20-12)22-15(24)11-9-17-5-7-19-11/h10-13,16-20H,1-9H2,(H,21,23)(H,22,24). The molecule has 136 valence electrons. The van der Waals surface area contributed by atoms with Crippen LogP contribution in [0.5, 0.6) is 0 Å². The summed E-state index contributed by atoms with van der Waals surface area (Å²) in [5, 5.41) is 22.2. The Morgan fingerprint density at radius 2 is 1.25 bits per heavy atom. The summed E-state index contributed by atoms with van der Waals surface area (Å²) in [6.07, 6.45) is 2.52. The Labute approximate surface area is 142 Å². The molecule has 0 spiro atoms. The van der Waals surface area contributed by atoms with E-state index in [-0.39, 0.29) is 36.2 Å². The molecule has 3 aliphatic rings. The average molecular weight is 339 g/mol. The first-order valence-electron chi connectivity index (χ1n) is 8.97. The van der Waals surface area contributed by atoms with Gasteiger partial charge < -0.3 is 31.9 Å². The van der Waals surface area contributed by atoms with E-state index in [2.05, 4.69) is 37.2 Å². The number of carbonyl (C=O) groups excluding carboxylic acids is 2. The van der Waals surface area contributed by atoms with E-state index in [1.807, 2.05) is 0 Å². The third-order valence-electron chi connectivity index (χ3n) is 4.74. The van der Waals surface area contributed by atoms with E-state index in [1.54, 1.807) is 0 Å². The van der Waals surface area contributed by atoms with Crippen LogP contribution in [0, 0.1) is 0 Å². The predicted molar refractivity (Wildman–Crippen MR) is 90.2 cm³/mol. The number of hydrogen-bond acceptors (Lipinski definition) is 7. The Kier molecular flexibility index (Phi) is 6.38. The van der Waals surface area contributed by atoms with Crippen molar-refractivity contribution in [1.29, 1.82) is 0 Å². The summed E-state index contributed by atoms with van der Waals surface area (Å²) in [5.41, 5.74) is 0. The number of amides is 2. The monoisotopic (exact) mass is 339 g/mol. The highest BCUT2D eigenvalue weighted by Gasteiger charge is 2.28. The molecule has 24 heavy (non-hydrogen) atoms. The van der Waals surface area contributed by atoms with Crippen LogP contribution >= 0.6 is 0 Å². The third kappa shape index (κ3) is 4.87. The van der Waals surface area contributed by atoms with E-state index < -0.39 is 0 Å². The first kappa shape index (κ1) is 17.6. The maximum absolute atomic E-state index is 12.3. The van der Waals surface area contributed by atoms with Crippen molar-refractivity contribution < 1.29 is 9.59 Å². The fourth-order valence-electron chi connectivity index (χ4n) is 3.39. The average Bonchev–Trinajstić information content (AvgIpc) is 2.63. The van der Waals surface area contributed by atoms with Crippen molar-refractivity contribution in [3.8, 4) is 0 Å². The fourth-order valence-corrected chi connectivity index (χ4v) is 3.39. The van der Waals surface area contributed by atoms with Gasteiger partial charge in [-0.3, -0.25) is 14.9 Å². The maximum atomic E-state index is 12.3. The molecule has 3 aliphatic heterocycles. The second kappa shape index (κ2) is 8.72. The van der Waals surface area contributed by atoms with Gasteiger partial charge in [0.1, 0.15) is 0 Å². The summed E-state index contributed by atoms with van der Waals surface area (Å²) >= 11 is 0. The Morgan fingerprint density at radius 1 is 0.750 bits per heavy atom. The zero-order valence-corrected chi connectivity index (χ0v) is 14.0. The molecule has 0 aromatic rings. The smallest absolute Gasteiger partial charge is 0.239 e. The molecule has 0 radical (unpaired) electrons. The maximum Gasteiger partial charge on any atom is 0.239 e. The van der Waals surface area contributed by atoms with Gasteiger partial charge in [-0.15, -0.1) is 0 Å². The van der Waals surface area contributed by atoms with Crippen LogP contribution in [0.25, 0.3) is 0 Å². The number of carbonyl (C=O) groups is 2. The lowest BCUT2D eigenvalue weighted by Gasteiger charge is -2.34. The molecule has 3 fully saturated rings. The number of hydrogen-bond donors (Lipinski definition) is 7. The number of nitrogens with one attached hydrogen (secondary N) is 7. The molecule has 3 heterocycles. The van der Waals surface area contributed by atoms with Crippen molar-refractivity contribution in [3.05, 3.63) is 0 Å². The van der Waals surface area contributed by atoms with E-state index in [1.165, 1.54) is 0 Å². The van der Waals surface area contributed by atoms with Crippen LogP contribution in [0.4, 0.5) is 0 Å². The first-order chi connectivity index (χ1) is 11.7. The highest BCUT2D eigenvalue weighted by molar-refractivity contribution is 5.83. The molecule has 9 nitrogen and oxygen atoms in total. The number of rotatable bonds is 4. The van der Waals surface area contributed by atoms with Crippen LogP contribution in [0.1, 0.15) is 19.3 Å². The molecule has 0 aromatic carbocycles. The van der Waals surface area contributed by atoms with Crippen LogP contribution < -0.4 is 37.2 Å². The van der Waals surface area contributed by atoms with Gasteiger partial charge >= 0.3 is 0 Å². The minimum absolute atomic E-state index is 0.00447.